The van der Waals surface area contributed by atoms with Gasteiger partial charge in [-0.3, -0.25) is 9.69 Å². The van der Waals surface area contributed by atoms with Crippen LogP contribution in [0.1, 0.15) is 37.7 Å². The second-order valence-corrected chi connectivity index (χ2v) is 6.76. The molecular formula is C18H25FN2O2. The SMILES string of the molecule is O=C(NC1CCN(Cc2ccccc2F)CC1)C1CCCC1O. The summed E-state index contributed by atoms with van der Waals surface area (Å²) in [5.41, 5.74) is 0.726. The van der Waals surface area contributed by atoms with E-state index in [0.29, 0.717) is 6.54 Å². The van der Waals surface area contributed by atoms with Gasteiger partial charge in [-0.25, -0.2) is 4.39 Å². The Kier molecular flexibility index (Phi) is 5.28. The van der Waals surface area contributed by atoms with E-state index in [4.69, 9.17) is 0 Å². The molecule has 1 amide bonds. The van der Waals surface area contributed by atoms with E-state index in [1.54, 1.807) is 6.07 Å². The Balaban J connectivity index is 1.45. The Labute approximate surface area is 136 Å². The molecular weight excluding hydrogens is 295 g/mol. The number of hydrogen-bond donors (Lipinski definition) is 2. The minimum atomic E-state index is -0.476. The van der Waals surface area contributed by atoms with Gasteiger partial charge in [-0.1, -0.05) is 18.2 Å². The summed E-state index contributed by atoms with van der Waals surface area (Å²) in [5.74, 6) is -0.382. The lowest BCUT2D eigenvalue weighted by Crippen LogP contribution is -2.47. The van der Waals surface area contributed by atoms with Gasteiger partial charge in [-0.15, -0.1) is 0 Å². The highest BCUT2D eigenvalue weighted by Crippen LogP contribution is 2.26. The van der Waals surface area contributed by atoms with E-state index in [2.05, 4.69) is 10.2 Å². The van der Waals surface area contributed by atoms with Crippen molar-refractivity contribution in [3.63, 3.8) is 0 Å². The molecule has 1 aliphatic heterocycles. The fourth-order valence-electron chi connectivity index (χ4n) is 3.66. The molecule has 0 spiro atoms. The third-order valence-electron chi connectivity index (χ3n) is 5.10. The number of hydrogen-bond acceptors (Lipinski definition) is 3. The normalized spacial score (nSPS) is 26.3. The largest absolute Gasteiger partial charge is 0.392 e. The standard InChI is InChI=1S/C18H25FN2O2/c19-16-6-2-1-4-13(16)12-21-10-8-14(9-11-21)20-18(23)15-5-3-7-17(15)22/h1-2,4,6,14-15,17,22H,3,5,7-12H2,(H,20,23). The van der Waals surface area contributed by atoms with Crippen LogP contribution in [-0.4, -0.2) is 41.1 Å². The van der Waals surface area contributed by atoms with Crippen molar-refractivity contribution in [2.75, 3.05) is 13.1 Å². The van der Waals surface area contributed by atoms with E-state index < -0.39 is 6.10 Å². The van der Waals surface area contributed by atoms with Crippen LogP contribution in [0.5, 0.6) is 0 Å². The average Bonchev–Trinajstić information content (AvgIpc) is 2.98. The molecule has 2 fully saturated rings. The van der Waals surface area contributed by atoms with Gasteiger partial charge in [-0.05, 0) is 38.2 Å². The minimum Gasteiger partial charge on any atom is -0.392 e. The molecule has 2 atom stereocenters. The Hall–Kier alpha value is -1.46. The molecule has 2 unspecified atom stereocenters. The first kappa shape index (κ1) is 16.4. The van der Waals surface area contributed by atoms with Gasteiger partial charge in [0, 0.05) is 31.2 Å². The molecule has 1 saturated carbocycles. The van der Waals surface area contributed by atoms with Crippen molar-refractivity contribution < 1.29 is 14.3 Å². The van der Waals surface area contributed by atoms with Crippen LogP contribution in [0.15, 0.2) is 24.3 Å². The zero-order valence-electron chi connectivity index (χ0n) is 13.4. The maximum absolute atomic E-state index is 13.7. The summed E-state index contributed by atoms with van der Waals surface area (Å²) in [6.07, 6.45) is 3.74. The predicted octanol–water partition coefficient (Wildman–Crippen LogP) is 2.07. The molecule has 0 aromatic heterocycles. The Bertz CT molecular complexity index is 544. The maximum Gasteiger partial charge on any atom is 0.225 e. The van der Waals surface area contributed by atoms with Gasteiger partial charge in [0.15, 0.2) is 0 Å². The number of carbonyl (C=O) groups excluding carboxylic acids is 1. The van der Waals surface area contributed by atoms with Crippen LogP contribution in [0.3, 0.4) is 0 Å². The number of nitrogens with one attached hydrogen (secondary N) is 1. The summed E-state index contributed by atoms with van der Waals surface area (Å²) in [6.45, 7) is 2.33. The molecule has 5 heteroatoms. The summed E-state index contributed by atoms with van der Waals surface area (Å²) in [5, 5.41) is 12.9. The van der Waals surface area contributed by atoms with Crippen LogP contribution < -0.4 is 5.32 Å². The molecule has 2 aliphatic rings. The number of likely N-dealkylation sites (tertiary alicyclic amines) is 1. The maximum atomic E-state index is 13.7. The number of halogens is 1. The van der Waals surface area contributed by atoms with Crippen LogP contribution in [-0.2, 0) is 11.3 Å². The van der Waals surface area contributed by atoms with E-state index in [1.807, 2.05) is 12.1 Å². The molecule has 1 aliphatic carbocycles. The van der Waals surface area contributed by atoms with Crippen molar-refractivity contribution in [1.29, 1.82) is 0 Å². The van der Waals surface area contributed by atoms with E-state index >= 15 is 0 Å². The first-order chi connectivity index (χ1) is 11.1. The number of piperidine rings is 1. The molecule has 23 heavy (non-hydrogen) atoms. The Morgan fingerprint density at radius 2 is 1.96 bits per heavy atom. The predicted molar refractivity (Wildman–Crippen MR) is 86.2 cm³/mol. The molecule has 1 heterocycles. The van der Waals surface area contributed by atoms with Crippen molar-refractivity contribution in [1.82, 2.24) is 10.2 Å². The molecule has 1 aromatic rings. The molecule has 3 rings (SSSR count). The molecule has 1 saturated heterocycles. The van der Waals surface area contributed by atoms with Gasteiger partial charge >= 0.3 is 0 Å². The van der Waals surface area contributed by atoms with Crippen LogP contribution >= 0.6 is 0 Å². The van der Waals surface area contributed by atoms with Crippen LogP contribution in [0.2, 0.25) is 0 Å². The van der Waals surface area contributed by atoms with Crippen LogP contribution in [0.25, 0.3) is 0 Å². The summed E-state index contributed by atoms with van der Waals surface area (Å²) < 4.78 is 13.7. The Morgan fingerprint density at radius 1 is 1.22 bits per heavy atom. The second kappa shape index (κ2) is 7.41. The number of carbonyl (C=O) groups is 1. The van der Waals surface area contributed by atoms with E-state index in [1.165, 1.54) is 6.07 Å². The van der Waals surface area contributed by atoms with E-state index in [0.717, 1.165) is 50.8 Å². The molecule has 4 nitrogen and oxygen atoms in total. The highest BCUT2D eigenvalue weighted by atomic mass is 19.1. The first-order valence-corrected chi connectivity index (χ1v) is 8.57. The number of benzene rings is 1. The molecule has 1 aromatic carbocycles. The minimum absolute atomic E-state index is 0.00236. The zero-order valence-corrected chi connectivity index (χ0v) is 13.4. The summed E-state index contributed by atoms with van der Waals surface area (Å²) in [6, 6.07) is 7.06. The monoisotopic (exact) mass is 320 g/mol. The summed E-state index contributed by atoms with van der Waals surface area (Å²) in [4.78, 5) is 14.4. The lowest BCUT2D eigenvalue weighted by molar-refractivity contribution is -0.128. The van der Waals surface area contributed by atoms with E-state index in [-0.39, 0.29) is 23.7 Å². The second-order valence-electron chi connectivity index (χ2n) is 6.76. The average molecular weight is 320 g/mol. The summed E-state index contributed by atoms with van der Waals surface area (Å²) in [7, 11) is 0. The van der Waals surface area contributed by atoms with Gasteiger partial charge < -0.3 is 10.4 Å². The van der Waals surface area contributed by atoms with Crippen LogP contribution in [0.4, 0.5) is 4.39 Å². The van der Waals surface area contributed by atoms with Gasteiger partial charge in [0.05, 0.1) is 12.0 Å². The van der Waals surface area contributed by atoms with E-state index in [9.17, 15) is 14.3 Å². The van der Waals surface area contributed by atoms with Gasteiger partial charge in [0.25, 0.3) is 0 Å². The third-order valence-corrected chi connectivity index (χ3v) is 5.10. The Morgan fingerprint density at radius 3 is 2.61 bits per heavy atom. The van der Waals surface area contributed by atoms with Crippen molar-refractivity contribution in [2.45, 2.75) is 50.8 Å². The van der Waals surface area contributed by atoms with Crippen molar-refractivity contribution in [2.24, 2.45) is 5.92 Å². The third kappa shape index (κ3) is 4.09. The number of nitrogens with zero attached hydrogens (tertiary/aromatic N) is 1. The van der Waals surface area contributed by atoms with Gasteiger partial charge in [0.1, 0.15) is 5.82 Å². The highest BCUT2D eigenvalue weighted by molar-refractivity contribution is 5.79. The van der Waals surface area contributed by atoms with Crippen molar-refractivity contribution >= 4 is 5.91 Å². The zero-order chi connectivity index (χ0) is 16.2. The fraction of sp³-hybridized carbons (Fsp3) is 0.611. The van der Waals surface area contributed by atoms with Gasteiger partial charge in [-0.2, -0.15) is 0 Å². The molecule has 126 valence electrons. The smallest absolute Gasteiger partial charge is 0.225 e. The number of aliphatic hydroxyl groups excluding tert-OH is 1. The lowest BCUT2D eigenvalue weighted by Gasteiger charge is -2.33. The molecule has 0 bridgehead atoms. The number of aliphatic hydroxyl groups is 1. The van der Waals surface area contributed by atoms with Crippen molar-refractivity contribution in [3.05, 3.63) is 35.6 Å². The topological polar surface area (TPSA) is 52.6 Å². The van der Waals surface area contributed by atoms with Crippen LogP contribution in [0, 0.1) is 11.7 Å². The molecule has 2 N–H and O–H groups in total. The first-order valence-electron chi connectivity index (χ1n) is 8.57. The number of amides is 1. The highest BCUT2D eigenvalue weighted by Gasteiger charge is 2.33. The van der Waals surface area contributed by atoms with Crippen molar-refractivity contribution in [3.8, 4) is 0 Å². The van der Waals surface area contributed by atoms with Gasteiger partial charge in [0.2, 0.25) is 5.91 Å². The number of rotatable bonds is 4. The quantitative estimate of drug-likeness (QED) is 0.893. The molecule has 0 radical (unpaired) electrons. The fourth-order valence-corrected chi connectivity index (χ4v) is 3.66. The lowest BCUT2D eigenvalue weighted by atomic mass is 10.0. The summed E-state index contributed by atoms with van der Waals surface area (Å²) >= 11 is 0.